The van der Waals surface area contributed by atoms with E-state index in [1.807, 2.05) is 0 Å². The van der Waals surface area contributed by atoms with Gasteiger partial charge in [0.1, 0.15) is 6.17 Å². The fourth-order valence-electron chi connectivity index (χ4n) is 3.96. The Hall–Kier alpha value is -2.85. The number of piperidine rings is 1. The summed E-state index contributed by atoms with van der Waals surface area (Å²) in [5.41, 5.74) is 0.940. The molecule has 36 heavy (non-hydrogen) atoms. The van der Waals surface area contributed by atoms with Crippen molar-refractivity contribution in [1.29, 1.82) is 0 Å². The van der Waals surface area contributed by atoms with Gasteiger partial charge >= 0.3 is 0 Å². The second-order valence-corrected chi connectivity index (χ2v) is 10.8. The summed E-state index contributed by atoms with van der Waals surface area (Å²) in [6, 6.07) is 10.2. The summed E-state index contributed by atoms with van der Waals surface area (Å²) in [6.07, 6.45) is -6.32. The molecule has 3 aromatic rings. The highest BCUT2D eigenvalue weighted by atomic mass is 32.2. The molecule has 1 saturated heterocycles. The standard InChI is InChI=1S/C24H24F4N4O2S2/c25-17-13-30-12-10-18(17)32-19-4-1-3-16-21(22(26)24(27)28)20(35-23(16)19)5-2-11-31-14-6-8-15(9-7-14)36(29,33)34/h1,3-4,6-9,17-18,22,24,30-32H,10-13H2,(H2,29,33,34). The second-order valence-electron chi connectivity index (χ2n) is 8.25. The van der Waals surface area contributed by atoms with Crippen molar-refractivity contribution < 1.29 is 26.0 Å². The molecule has 0 bridgehead atoms. The minimum Gasteiger partial charge on any atom is -0.378 e. The van der Waals surface area contributed by atoms with Crippen LogP contribution in [0.5, 0.6) is 0 Å². The lowest BCUT2D eigenvalue weighted by atomic mass is 10.0. The summed E-state index contributed by atoms with van der Waals surface area (Å²) in [6.45, 7) is 0.962. The van der Waals surface area contributed by atoms with E-state index in [-0.39, 0.29) is 28.4 Å². The van der Waals surface area contributed by atoms with Crippen LogP contribution in [-0.2, 0) is 10.0 Å². The fourth-order valence-corrected chi connectivity index (χ4v) is 5.66. The number of nitrogens with one attached hydrogen (secondary N) is 3. The molecule has 6 nitrogen and oxygen atoms in total. The molecule has 3 atom stereocenters. The number of alkyl halides is 4. The molecule has 0 saturated carbocycles. The quantitative estimate of drug-likeness (QED) is 0.263. The molecule has 5 N–H and O–H groups in total. The number of thiophene rings is 1. The first kappa shape index (κ1) is 26.2. The summed E-state index contributed by atoms with van der Waals surface area (Å²) < 4.78 is 79.0. The average Bonchev–Trinajstić information content (AvgIpc) is 3.21. The normalized spacial score (nSPS) is 19.1. The lowest BCUT2D eigenvalue weighted by Crippen LogP contribution is -2.45. The Bertz CT molecular complexity index is 1380. The van der Waals surface area contributed by atoms with Crippen LogP contribution in [0.4, 0.5) is 28.9 Å². The number of halogens is 4. The molecule has 1 aliphatic heterocycles. The van der Waals surface area contributed by atoms with Crippen LogP contribution in [0.15, 0.2) is 47.4 Å². The number of fused-ring (bicyclic) bond motifs is 1. The third-order valence-corrected chi connectivity index (χ3v) is 7.86. The number of primary sulfonamides is 1. The number of anilines is 2. The van der Waals surface area contributed by atoms with E-state index in [9.17, 15) is 26.0 Å². The summed E-state index contributed by atoms with van der Waals surface area (Å²) in [4.78, 5) is 0.128. The van der Waals surface area contributed by atoms with E-state index < -0.39 is 34.8 Å². The van der Waals surface area contributed by atoms with Gasteiger partial charge in [0.2, 0.25) is 10.0 Å². The maximum absolute atomic E-state index is 14.7. The van der Waals surface area contributed by atoms with Crippen LogP contribution in [0.3, 0.4) is 0 Å². The minimum atomic E-state index is -3.81. The SMILES string of the molecule is NS(=O)(=O)c1ccc(NCC#Cc2sc3c(NC4CCNCC4F)cccc3c2C(F)C(F)F)cc1. The van der Waals surface area contributed by atoms with Gasteiger partial charge in [-0.05, 0) is 43.3 Å². The zero-order valence-corrected chi connectivity index (χ0v) is 20.5. The second kappa shape index (κ2) is 11.0. The first-order valence-electron chi connectivity index (χ1n) is 11.1. The Morgan fingerprint density at radius 1 is 1.17 bits per heavy atom. The van der Waals surface area contributed by atoms with Crippen molar-refractivity contribution in [3.05, 3.63) is 52.9 Å². The monoisotopic (exact) mass is 540 g/mol. The van der Waals surface area contributed by atoms with Crippen molar-refractivity contribution >= 4 is 42.8 Å². The van der Waals surface area contributed by atoms with Gasteiger partial charge in [-0.25, -0.2) is 31.1 Å². The van der Waals surface area contributed by atoms with Gasteiger partial charge < -0.3 is 16.0 Å². The minimum absolute atomic E-state index is 0.0389. The average molecular weight is 541 g/mol. The molecule has 1 aromatic heterocycles. The molecule has 0 aliphatic carbocycles. The summed E-state index contributed by atoms with van der Waals surface area (Å²) in [7, 11) is -3.81. The van der Waals surface area contributed by atoms with E-state index in [1.54, 1.807) is 18.2 Å². The summed E-state index contributed by atoms with van der Waals surface area (Å²) in [5, 5.41) is 14.5. The van der Waals surface area contributed by atoms with Gasteiger partial charge in [0.25, 0.3) is 6.43 Å². The van der Waals surface area contributed by atoms with Crippen molar-refractivity contribution in [3.8, 4) is 11.8 Å². The number of benzene rings is 2. The molecule has 0 amide bonds. The number of nitrogens with two attached hydrogens (primary N) is 1. The molecule has 192 valence electrons. The highest BCUT2D eigenvalue weighted by molar-refractivity contribution is 7.89. The first-order chi connectivity index (χ1) is 17.1. The predicted molar refractivity (Wildman–Crippen MR) is 135 cm³/mol. The van der Waals surface area contributed by atoms with E-state index in [2.05, 4.69) is 27.8 Å². The zero-order valence-electron chi connectivity index (χ0n) is 18.9. The Kier molecular flexibility index (Phi) is 8.04. The maximum atomic E-state index is 14.7. The van der Waals surface area contributed by atoms with E-state index in [0.717, 1.165) is 11.3 Å². The third kappa shape index (κ3) is 5.92. The molecule has 12 heteroatoms. The van der Waals surface area contributed by atoms with Gasteiger partial charge in [-0.3, -0.25) is 0 Å². The van der Waals surface area contributed by atoms with Gasteiger partial charge in [0, 0.05) is 23.2 Å². The Morgan fingerprint density at radius 3 is 2.58 bits per heavy atom. The zero-order chi connectivity index (χ0) is 25.9. The Balaban J connectivity index is 1.59. The van der Waals surface area contributed by atoms with Gasteiger partial charge in [0.05, 0.1) is 32.7 Å². The molecule has 2 heterocycles. The number of hydrogen-bond acceptors (Lipinski definition) is 6. The van der Waals surface area contributed by atoms with Crippen molar-refractivity contribution in [3.63, 3.8) is 0 Å². The van der Waals surface area contributed by atoms with Crippen molar-refractivity contribution in [2.45, 2.75) is 36.1 Å². The molecule has 0 radical (unpaired) electrons. The Morgan fingerprint density at radius 2 is 1.92 bits per heavy atom. The Labute approximate surface area is 210 Å². The highest BCUT2D eigenvalue weighted by Gasteiger charge is 2.30. The van der Waals surface area contributed by atoms with E-state index >= 15 is 0 Å². The predicted octanol–water partition coefficient (Wildman–Crippen LogP) is 4.40. The van der Waals surface area contributed by atoms with Crippen molar-refractivity contribution in [1.82, 2.24) is 5.32 Å². The van der Waals surface area contributed by atoms with Gasteiger partial charge in [-0.2, -0.15) is 0 Å². The molecular weight excluding hydrogens is 516 g/mol. The van der Waals surface area contributed by atoms with Crippen LogP contribution in [0.2, 0.25) is 0 Å². The van der Waals surface area contributed by atoms with Crippen LogP contribution in [0.25, 0.3) is 10.1 Å². The van der Waals surface area contributed by atoms with Crippen LogP contribution in [0.1, 0.15) is 23.0 Å². The first-order valence-corrected chi connectivity index (χ1v) is 13.5. The van der Waals surface area contributed by atoms with Gasteiger partial charge in [-0.1, -0.05) is 24.0 Å². The van der Waals surface area contributed by atoms with Crippen LogP contribution < -0.4 is 21.1 Å². The van der Waals surface area contributed by atoms with Crippen LogP contribution in [-0.4, -0.2) is 46.7 Å². The number of sulfonamides is 1. The largest absolute Gasteiger partial charge is 0.378 e. The molecule has 3 unspecified atom stereocenters. The topological polar surface area (TPSA) is 96.2 Å². The molecule has 4 rings (SSSR count). The van der Waals surface area contributed by atoms with E-state index in [4.69, 9.17) is 5.14 Å². The van der Waals surface area contributed by atoms with Crippen molar-refractivity contribution in [2.24, 2.45) is 5.14 Å². The maximum Gasteiger partial charge on any atom is 0.273 e. The van der Waals surface area contributed by atoms with Crippen LogP contribution >= 0.6 is 11.3 Å². The van der Waals surface area contributed by atoms with E-state index in [0.29, 0.717) is 34.4 Å². The van der Waals surface area contributed by atoms with Crippen LogP contribution in [0, 0.1) is 11.8 Å². The van der Waals surface area contributed by atoms with Gasteiger partial charge in [0.15, 0.2) is 6.17 Å². The van der Waals surface area contributed by atoms with Crippen molar-refractivity contribution in [2.75, 3.05) is 30.3 Å². The van der Waals surface area contributed by atoms with E-state index in [1.165, 1.54) is 24.3 Å². The molecule has 1 aliphatic rings. The lowest BCUT2D eigenvalue weighted by molar-refractivity contribution is 0.0504. The molecule has 1 fully saturated rings. The number of rotatable bonds is 7. The summed E-state index contributed by atoms with van der Waals surface area (Å²) in [5.74, 6) is 5.59. The third-order valence-electron chi connectivity index (χ3n) is 5.77. The lowest BCUT2D eigenvalue weighted by Gasteiger charge is -2.28. The fraction of sp³-hybridized carbons (Fsp3) is 0.333. The highest BCUT2D eigenvalue weighted by Crippen LogP contribution is 2.42. The smallest absolute Gasteiger partial charge is 0.273 e. The number of hydrogen-bond donors (Lipinski definition) is 4. The summed E-state index contributed by atoms with van der Waals surface area (Å²) >= 11 is 1.08. The molecule has 2 aromatic carbocycles. The molecule has 0 spiro atoms. The van der Waals surface area contributed by atoms with Gasteiger partial charge in [-0.15, -0.1) is 11.3 Å². The molecular formula is C24H24F4N4O2S2.